The number of nitrogens with zero attached hydrogens (tertiary/aromatic N) is 3. The highest BCUT2D eigenvalue weighted by molar-refractivity contribution is 7.97. The molecule has 2 heterocycles. The number of hydrogen-bond acceptors (Lipinski definition) is 7. The van der Waals surface area contributed by atoms with E-state index in [1.807, 2.05) is 47.4 Å². The van der Waals surface area contributed by atoms with Crippen LogP contribution < -0.4 is 14.9 Å². The maximum atomic E-state index is 12.8. The number of carboxylic acid groups (broad SMARTS) is 1. The van der Waals surface area contributed by atoms with Crippen molar-refractivity contribution < 1.29 is 14.7 Å². The van der Waals surface area contributed by atoms with Gasteiger partial charge in [0.15, 0.2) is 0 Å². The van der Waals surface area contributed by atoms with E-state index in [1.54, 1.807) is 0 Å². The summed E-state index contributed by atoms with van der Waals surface area (Å²) in [6, 6.07) is 21.6. The van der Waals surface area contributed by atoms with Gasteiger partial charge in [-0.1, -0.05) is 30.3 Å². The summed E-state index contributed by atoms with van der Waals surface area (Å²) in [5, 5.41) is 15.2. The number of piperazine rings is 1. The Morgan fingerprint density at radius 2 is 1.76 bits per heavy atom. The molecule has 3 aromatic carbocycles. The summed E-state index contributed by atoms with van der Waals surface area (Å²) in [5.41, 5.74) is 2.23. The lowest BCUT2D eigenvalue weighted by molar-refractivity contribution is -0.139. The number of nitrogens with one attached hydrogen (secondary N) is 2. The molecule has 0 bridgehead atoms. The van der Waals surface area contributed by atoms with E-state index in [2.05, 4.69) is 44.2 Å². The van der Waals surface area contributed by atoms with E-state index in [4.69, 9.17) is 0 Å². The maximum absolute atomic E-state index is 12.8. The number of anilines is 1. The molecule has 0 saturated carbocycles. The second kappa shape index (κ2) is 11.7. The highest BCUT2D eigenvalue weighted by Gasteiger charge is 2.24. The standard InChI is InChI=1S/C28H31N5O3S/c34-26(12-11-25(28(35)36)31-37-24-10-7-20-3-1-2-4-22(20)19-24)33-17-15-32(16-18-33)23-8-5-21(6-9-23)27-29-13-14-30-27/h1-10,19,25,31H,11-18H2,(H,29,30)(H,35,36). The van der Waals surface area contributed by atoms with Gasteiger partial charge < -0.3 is 20.2 Å². The first-order valence-corrected chi connectivity index (χ1v) is 13.4. The summed E-state index contributed by atoms with van der Waals surface area (Å²) in [4.78, 5) is 34.2. The van der Waals surface area contributed by atoms with Crippen LogP contribution >= 0.6 is 11.9 Å². The predicted molar refractivity (Wildman–Crippen MR) is 148 cm³/mol. The van der Waals surface area contributed by atoms with Crippen LogP contribution in [-0.4, -0.2) is 73.0 Å². The van der Waals surface area contributed by atoms with Crippen LogP contribution in [0, 0.1) is 0 Å². The minimum Gasteiger partial charge on any atom is -0.480 e. The van der Waals surface area contributed by atoms with Crippen molar-refractivity contribution in [3.8, 4) is 0 Å². The van der Waals surface area contributed by atoms with Crippen LogP contribution in [0.2, 0.25) is 0 Å². The predicted octanol–water partition coefficient (Wildman–Crippen LogP) is 3.37. The van der Waals surface area contributed by atoms with E-state index in [0.717, 1.165) is 58.9 Å². The number of benzene rings is 3. The van der Waals surface area contributed by atoms with Crippen LogP contribution in [0.1, 0.15) is 18.4 Å². The molecule has 192 valence electrons. The van der Waals surface area contributed by atoms with Crippen molar-refractivity contribution in [1.29, 1.82) is 0 Å². The van der Waals surface area contributed by atoms with Gasteiger partial charge in [-0.25, -0.2) is 4.72 Å². The van der Waals surface area contributed by atoms with E-state index >= 15 is 0 Å². The fraction of sp³-hybridized carbons (Fsp3) is 0.321. The molecule has 5 rings (SSSR count). The molecule has 0 radical (unpaired) electrons. The summed E-state index contributed by atoms with van der Waals surface area (Å²) in [7, 11) is 0. The third-order valence-electron chi connectivity index (χ3n) is 6.80. The number of amides is 1. The Hall–Kier alpha value is -3.56. The zero-order valence-corrected chi connectivity index (χ0v) is 21.4. The molecule has 1 saturated heterocycles. The van der Waals surface area contributed by atoms with Crippen LogP contribution in [0.4, 0.5) is 5.69 Å². The first-order chi connectivity index (χ1) is 18.1. The Kier molecular flexibility index (Phi) is 7.91. The SMILES string of the molecule is O=C(O)C(CCC(=O)N1CCN(c2ccc(C3=NCCN3)cc2)CC1)NSc1ccc2ccccc2c1. The Labute approximate surface area is 220 Å². The maximum Gasteiger partial charge on any atom is 0.321 e. The fourth-order valence-corrected chi connectivity index (χ4v) is 5.48. The summed E-state index contributed by atoms with van der Waals surface area (Å²) >= 11 is 1.29. The molecule has 0 spiro atoms. The lowest BCUT2D eigenvalue weighted by atomic mass is 10.1. The van der Waals surface area contributed by atoms with Gasteiger partial charge >= 0.3 is 5.97 Å². The minimum absolute atomic E-state index is 0.00377. The van der Waals surface area contributed by atoms with Gasteiger partial charge in [-0.05, 0) is 65.5 Å². The average molecular weight is 518 g/mol. The zero-order valence-electron chi connectivity index (χ0n) is 20.6. The van der Waals surface area contributed by atoms with Crippen LogP contribution in [0.5, 0.6) is 0 Å². The van der Waals surface area contributed by atoms with Crippen molar-refractivity contribution >= 4 is 46.1 Å². The van der Waals surface area contributed by atoms with Gasteiger partial charge in [-0.3, -0.25) is 14.6 Å². The van der Waals surface area contributed by atoms with Gasteiger partial charge in [0.05, 0.1) is 6.54 Å². The largest absolute Gasteiger partial charge is 0.480 e. The number of aliphatic imine (C=N–C) groups is 1. The second-order valence-corrected chi connectivity index (χ2v) is 10.1. The van der Waals surface area contributed by atoms with Crippen LogP contribution in [-0.2, 0) is 9.59 Å². The molecule has 3 N–H and O–H groups in total. The first kappa shape index (κ1) is 25.1. The molecule has 1 amide bonds. The normalized spacial score (nSPS) is 16.4. The third-order valence-corrected chi connectivity index (χ3v) is 7.69. The molecule has 1 fully saturated rings. The molecule has 2 aliphatic rings. The van der Waals surface area contributed by atoms with Crippen molar-refractivity contribution in [1.82, 2.24) is 14.9 Å². The highest BCUT2D eigenvalue weighted by atomic mass is 32.2. The Balaban J connectivity index is 1.08. The molecule has 2 aliphatic heterocycles. The summed E-state index contributed by atoms with van der Waals surface area (Å²) in [6.45, 7) is 4.47. The topological polar surface area (TPSA) is 97.3 Å². The Bertz CT molecular complexity index is 1290. The van der Waals surface area contributed by atoms with Crippen LogP contribution in [0.25, 0.3) is 10.8 Å². The molecular formula is C28H31N5O3S. The monoisotopic (exact) mass is 517 g/mol. The van der Waals surface area contributed by atoms with Gasteiger partial charge in [0.2, 0.25) is 5.91 Å². The van der Waals surface area contributed by atoms with Crippen molar-refractivity contribution in [3.05, 3.63) is 72.3 Å². The van der Waals surface area contributed by atoms with Gasteiger partial charge in [-0.15, -0.1) is 0 Å². The number of carbonyl (C=O) groups is 2. The van der Waals surface area contributed by atoms with Crippen LogP contribution in [0.15, 0.2) is 76.6 Å². The summed E-state index contributed by atoms with van der Waals surface area (Å²) in [5.74, 6) is 0.00368. The molecule has 3 aromatic rings. The molecule has 1 unspecified atom stereocenters. The molecule has 8 nitrogen and oxygen atoms in total. The lowest BCUT2D eigenvalue weighted by Gasteiger charge is -2.36. The molecule has 0 aliphatic carbocycles. The van der Waals surface area contributed by atoms with Crippen molar-refractivity contribution in [2.24, 2.45) is 4.99 Å². The number of carboxylic acids is 1. The summed E-state index contributed by atoms with van der Waals surface area (Å²) < 4.78 is 3.04. The molecule has 0 aromatic heterocycles. The van der Waals surface area contributed by atoms with Gasteiger partial charge in [0.1, 0.15) is 11.9 Å². The van der Waals surface area contributed by atoms with Crippen molar-refractivity contribution in [2.75, 3.05) is 44.2 Å². The van der Waals surface area contributed by atoms with E-state index in [0.29, 0.717) is 13.1 Å². The smallest absolute Gasteiger partial charge is 0.321 e. The summed E-state index contributed by atoms with van der Waals surface area (Å²) in [6.07, 6.45) is 0.445. The zero-order chi connectivity index (χ0) is 25.6. The third kappa shape index (κ3) is 6.23. The fourth-order valence-electron chi connectivity index (χ4n) is 4.66. The van der Waals surface area contributed by atoms with E-state index in [9.17, 15) is 14.7 Å². The minimum atomic E-state index is -0.951. The number of hydrogen-bond donors (Lipinski definition) is 3. The van der Waals surface area contributed by atoms with Gasteiger partial charge in [-0.2, -0.15) is 0 Å². The molecule has 1 atom stereocenters. The molecule has 9 heteroatoms. The van der Waals surface area contributed by atoms with Crippen LogP contribution in [0.3, 0.4) is 0 Å². The highest BCUT2D eigenvalue weighted by Crippen LogP contribution is 2.23. The molecular weight excluding hydrogens is 486 g/mol. The van der Waals surface area contributed by atoms with Crippen molar-refractivity contribution in [2.45, 2.75) is 23.8 Å². The Morgan fingerprint density at radius 3 is 2.46 bits per heavy atom. The number of amidine groups is 1. The lowest BCUT2D eigenvalue weighted by Crippen LogP contribution is -2.49. The number of fused-ring (bicyclic) bond motifs is 1. The van der Waals surface area contributed by atoms with Gasteiger partial charge in [0, 0.05) is 55.3 Å². The quantitative estimate of drug-likeness (QED) is 0.375. The van der Waals surface area contributed by atoms with E-state index in [-0.39, 0.29) is 18.7 Å². The Morgan fingerprint density at radius 1 is 1.00 bits per heavy atom. The van der Waals surface area contributed by atoms with Crippen molar-refractivity contribution in [3.63, 3.8) is 0 Å². The average Bonchev–Trinajstić information content (AvgIpc) is 3.48. The van der Waals surface area contributed by atoms with Gasteiger partial charge in [0.25, 0.3) is 0 Å². The number of carbonyl (C=O) groups excluding carboxylic acids is 1. The molecule has 37 heavy (non-hydrogen) atoms. The van der Waals surface area contributed by atoms with E-state index in [1.165, 1.54) is 11.9 Å². The second-order valence-electron chi connectivity index (χ2n) is 9.23. The number of aliphatic carboxylic acids is 1. The van der Waals surface area contributed by atoms with E-state index < -0.39 is 12.0 Å². The first-order valence-electron chi connectivity index (χ1n) is 12.6. The number of rotatable bonds is 9.